The fourth-order valence-corrected chi connectivity index (χ4v) is 8.33. The summed E-state index contributed by atoms with van der Waals surface area (Å²) in [6, 6.07) is 36.6. The molecular weight excluding hydrogens is 523 g/mol. The van der Waals surface area contributed by atoms with E-state index in [-0.39, 0.29) is 28.9 Å². The molecular formula is C29H26BrO4P. The molecule has 0 aliphatic heterocycles. The molecule has 0 saturated carbocycles. The van der Waals surface area contributed by atoms with Crippen LogP contribution in [-0.4, -0.2) is 11.9 Å². The van der Waals surface area contributed by atoms with Crippen molar-refractivity contribution in [2.45, 2.75) is 20.0 Å². The van der Waals surface area contributed by atoms with Crippen molar-refractivity contribution >= 4 is 35.1 Å². The molecule has 4 aromatic rings. The summed E-state index contributed by atoms with van der Waals surface area (Å²) in [5.74, 6) is 0.351. The number of esters is 2. The van der Waals surface area contributed by atoms with Gasteiger partial charge in [-0.1, -0.05) is 48.5 Å². The maximum Gasteiger partial charge on any atom is 0.308 e. The number of hydrogen-bond donors (Lipinski definition) is 0. The normalized spacial score (nSPS) is 10.7. The number of hydrogen-bond acceptors (Lipinski definition) is 4. The lowest BCUT2D eigenvalue weighted by Gasteiger charge is -2.28. The zero-order chi connectivity index (χ0) is 24.0. The Kier molecular flexibility index (Phi) is 8.97. The highest BCUT2D eigenvalue weighted by molar-refractivity contribution is 7.95. The first-order chi connectivity index (χ1) is 16.5. The van der Waals surface area contributed by atoms with Gasteiger partial charge in [-0.15, -0.1) is 0 Å². The molecule has 0 radical (unpaired) electrons. The Morgan fingerprint density at radius 2 is 0.943 bits per heavy atom. The first-order valence-electron chi connectivity index (χ1n) is 11.0. The second-order valence-electron chi connectivity index (χ2n) is 7.96. The van der Waals surface area contributed by atoms with Crippen LogP contribution in [0.3, 0.4) is 0 Å². The number of ether oxygens (including phenoxy) is 2. The second-order valence-corrected chi connectivity index (χ2v) is 11.4. The van der Waals surface area contributed by atoms with Crippen LogP contribution < -0.4 is 42.4 Å². The van der Waals surface area contributed by atoms with E-state index >= 15 is 0 Å². The summed E-state index contributed by atoms with van der Waals surface area (Å²) >= 11 is 0. The van der Waals surface area contributed by atoms with Crippen LogP contribution in [0.25, 0.3) is 0 Å². The van der Waals surface area contributed by atoms with E-state index in [1.165, 1.54) is 35.3 Å². The van der Waals surface area contributed by atoms with Gasteiger partial charge in [-0.25, -0.2) is 0 Å². The van der Waals surface area contributed by atoms with E-state index in [0.29, 0.717) is 11.5 Å². The lowest BCUT2D eigenvalue weighted by atomic mass is 10.2. The van der Waals surface area contributed by atoms with Crippen molar-refractivity contribution in [2.75, 3.05) is 0 Å². The third kappa shape index (κ3) is 6.25. The van der Waals surface area contributed by atoms with Crippen molar-refractivity contribution < 1.29 is 36.0 Å². The Balaban J connectivity index is 0.00000342. The summed E-state index contributed by atoms with van der Waals surface area (Å²) in [6.07, 6.45) is 0.817. The van der Waals surface area contributed by atoms with Crippen molar-refractivity contribution in [3.8, 4) is 11.5 Å². The fraction of sp³-hybridized carbons (Fsp3) is 0.103. The highest BCUT2D eigenvalue weighted by Gasteiger charge is 2.45. The number of halogens is 1. The molecule has 0 bridgehead atoms. The van der Waals surface area contributed by atoms with Crippen molar-refractivity contribution in [3.63, 3.8) is 0 Å². The van der Waals surface area contributed by atoms with Gasteiger partial charge in [-0.2, -0.15) is 0 Å². The molecule has 4 rings (SSSR count). The number of carbonyl (C=O) groups is 2. The van der Waals surface area contributed by atoms with Gasteiger partial charge in [0.15, 0.2) is 0 Å². The van der Waals surface area contributed by atoms with E-state index in [0.717, 1.165) is 6.16 Å². The van der Waals surface area contributed by atoms with Gasteiger partial charge >= 0.3 is 11.9 Å². The van der Waals surface area contributed by atoms with Crippen LogP contribution in [0.5, 0.6) is 11.5 Å². The number of benzene rings is 4. The molecule has 0 aliphatic rings. The van der Waals surface area contributed by atoms with E-state index < -0.39 is 7.26 Å². The summed E-state index contributed by atoms with van der Waals surface area (Å²) in [5.41, 5.74) is 1.23. The Morgan fingerprint density at radius 3 is 1.34 bits per heavy atom. The lowest BCUT2D eigenvalue weighted by molar-refractivity contribution is -0.132. The molecule has 0 saturated heterocycles. The Labute approximate surface area is 217 Å². The Morgan fingerprint density at radius 1 is 0.571 bits per heavy atom. The van der Waals surface area contributed by atoms with Crippen LogP contribution in [0.2, 0.25) is 0 Å². The maximum absolute atomic E-state index is 11.4. The van der Waals surface area contributed by atoms with Gasteiger partial charge in [0.1, 0.15) is 34.7 Å². The van der Waals surface area contributed by atoms with E-state index in [2.05, 4.69) is 72.8 Å². The van der Waals surface area contributed by atoms with Gasteiger partial charge in [0.2, 0.25) is 0 Å². The predicted octanol–water partition coefficient (Wildman–Crippen LogP) is 2.04. The molecule has 0 aliphatic carbocycles. The fourth-order valence-electron chi connectivity index (χ4n) is 4.13. The van der Waals surface area contributed by atoms with Gasteiger partial charge in [0, 0.05) is 13.8 Å². The van der Waals surface area contributed by atoms with Gasteiger partial charge in [0.25, 0.3) is 0 Å². The molecule has 0 unspecified atom stereocenters. The minimum absolute atomic E-state index is 0. The largest absolute Gasteiger partial charge is 1.00 e. The Bertz CT molecular complexity index is 1200. The highest BCUT2D eigenvalue weighted by atomic mass is 79.9. The average molecular weight is 549 g/mol. The Hall–Kier alpha value is -3.27. The van der Waals surface area contributed by atoms with Crippen LogP contribution >= 0.6 is 7.26 Å². The molecule has 4 nitrogen and oxygen atoms in total. The molecule has 35 heavy (non-hydrogen) atoms. The molecule has 0 aromatic heterocycles. The summed E-state index contributed by atoms with van der Waals surface area (Å²) in [4.78, 5) is 22.9. The quantitative estimate of drug-likeness (QED) is 0.201. The van der Waals surface area contributed by atoms with Crippen molar-refractivity contribution in [1.29, 1.82) is 0 Å². The summed E-state index contributed by atoms with van der Waals surface area (Å²) in [5, 5.41) is 3.57. The smallest absolute Gasteiger partial charge is 0.308 e. The molecule has 0 amide bonds. The third-order valence-electron chi connectivity index (χ3n) is 5.54. The topological polar surface area (TPSA) is 52.6 Å². The van der Waals surface area contributed by atoms with Gasteiger partial charge in [0.05, 0.1) is 6.16 Å². The van der Waals surface area contributed by atoms with E-state index in [1.807, 2.05) is 36.4 Å². The van der Waals surface area contributed by atoms with Crippen LogP contribution in [0, 0.1) is 0 Å². The van der Waals surface area contributed by atoms with Crippen molar-refractivity contribution in [3.05, 3.63) is 115 Å². The monoisotopic (exact) mass is 548 g/mol. The zero-order valence-electron chi connectivity index (χ0n) is 19.6. The first kappa shape index (κ1) is 26.3. The van der Waals surface area contributed by atoms with Crippen molar-refractivity contribution in [1.82, 2.24) is 0 Å². The minimum Gasteiger partial charge on any atom is -1.00 e. The van der Waals surface area contributed by atoms with Gasteiger partial charge in [-0.05, 0) is 66.2 Å². The second kappa shape index (κ2) is 11.9. The van der Waals surface area contributed by atoms with Crippen LogP contribution in [-0.2, 0) is 15.8 Å². The molecule has 6 heteroatoms. The van der Waals surface area contributed by atoms with Crippen molar-refractivity contribution in [2.24, 2.45) is 0 Å². The molecule has 0 spiro atoms. The van der Waals surface area contributed by atoms with Gasteiger partial charge in [-0.3, -0.25) is 9.59 Å². The van der Waals surface area contributed by atoms with Crippen LogP contribution in [0.4, 0.5) is 0 Å². The summed E-state index contributed by atoms with van der Waals surface area (Å²) in [7, 11) is -2.16. The number of carbonyl (C=O) groups excluding carboxylic acids is 2. The standard InChI is InChI=1S/C29H26O4P.BrH/c1-22(30)32-25-13-17-28(18-14-25)34(27-11-7-4-8-12-27,21-24-9-5-3-6-10-24)29-19-15-26(16-20-29)33-23(2)31;/h3-20H,21H2,1-2H3;1H/q+1;/p-1. The van der Waals surface area contributed by atoms with E-state index in [4.69, 9.17) is 9.47 Å². The first-order valence-corrected chi connectivity index (χ1v) is 13.0. The predicted molar refractivity (Wildman–Crippen MR) is 138 cm³/mol. The van der Waals surface area contributed by atoms with E-state index in [1.54, 1.807) is 0 Å². The molecule has 4 aromatic carbocycles. The average Bonchev–Trinajstić information content (AvgIpc) is 2.84. The SMILES string of the molecule is CC(=O)Oc1ccc([P+](Cc2ccccc2)(c2ccccc2)c2ccc(OC(C)=O)cc2)cc1.[Br-]. The molecule has 0 heterocycles. The molecule has 178 valence electrons. The minimum atomic E-state index is -2.16. The van der Waals surface area contributed by atoms with E-state index in [9.17, 15) is 9.59 Å². The van der Waals surface area contributed by atoms with Crippen LogP contribution in [0.1, 0.15) is 19.4 Å². The maximum atomic E-state index is 11.4. The molecule has 0 fully saturated rings. The lowest BCUT2D eigenvalue weighted by Crippen LogP contribution is -3.00. The highest BCUT2D eigenvalue weighted by Crippen LogP contribution is 2.58. The third-order valence-corrected chi connectivity index (χ3v) is 9.92. The van der Waals surface area contributed by atoms with Gasteiger partial charge < -0.3 is 26.5 Å². The molecule has 0 atom stereocenters. The zero-order valence-corrected chi connectivity index (χ0v) is 22.0. The molecule has 0 N–H and O–H groups in total. The summed E-state index contributed by atoms with van der Waals surface area (Å²) < 4.78 is 10.6. The summed E-state index contributed by atoms with van der Waals surface area (Å²) in [6.45, 7) is 2.80. The number of rotatable bonds is 7. The van der Waals surface area contributed by atoms with Crippen LogP contribution in [0.15, 0.2) is 109 Å².